The highest BCUT2D eigenvalue weighted by Gasteiger charge is 2.30. The zero-order valence-corrected chi connectivity index (χ0v) is 21.0. The van der Waals surface area contributed by atoms with E-state index in [2.05, 4.69) is 41.2 Å². The molecule has 1 fully saturated rings. The van der Waals surface area contributed by atoms with Crippen molar-refractivity contribution in [2.75, 3.05) is 26.7 Å². The van der Waals surface area contributed by atoms with Gasteiger partial charge in [-0.3, -0.25) is 4.98 Å². The van der Waals surface area contributed by atoms with Crippen LogP contribution in [0.25, 0.3) is 0 Å². The number of aromatic nitrogens is 1. The second-order valence-electron chi connectivity index (χ2n) is 9.67. The fraction of sp³-hybridized carbons (Fsp3) is 0.379. The molecule has 3 aromatic rings. The maximum Gasteiger partial charge on any atom is 0.417 e. The summed E-state index contributed by atoms with van der Waals surface area (Å²) in [5.74, 6) is 1.04. The van der Waals surface area contributed by atoms with E-state index in [1.165, 1.54) is 11.6 Å². The smallest absolute Gasteiger partial charge is 0.410 e. The van der Waals surface area contributed by atoms with Gasteiger partial charge in [0.05, 0.1) is 5.56 Å². The van der Waals surface area contributed by atoms with E-state index in [0.717, 1.165) is 50.2 Å². The summed E-state index contributed by atoms with van der Waals surface area (Å²) in [6.07, 6.45) is -0.469. The number of piperidine rings is 1. The number of amides is 1. The van der Waals surface area contributed by atoms with Crippen molar-refractivity contribution in [2.45, 2.75) is 38.4 Å². The van der Waals surface area contributed by atoms with Crippen LogP contribution in [0.2, 0.25) is 0 Å². The molecule has 4 rings (SSSR count). The third-order valence-electron chi connectivity index (χ3n) is 6.75. The molecule has 0 bridgehead atoms. The SMILES string of the molecule is CN(CCC1CCN(C(=O)Oc2ccc(Cc3ccc(C(F)(F)F)cn3)cc2)CC1)Cc1ccccc1. The normalized spacial score (nSPS) is 14.7. The standard InChI is InChI=1S/C29H32F3N3O2/c1-34(21-24-5-3-2-4-6-24)16-13-22-14-17-35(18-15-22)28(36)37-27-11-7-23(8-12-27)19-26-10-9-25(20-33-26)29(30,31)32/h2-12,20,22H,13-19,21H2,1H3. The Morgan fingerprint density at radius 2 is 1.70 bits per heavy atom. The van der Waals surface area contributed by atoms with Crippen molar-refractivity contribution < 1.29 is 22.7 Å². The van der Waals surface area contributed by atoms with Crippen molar-refractivity contribution in [3.05, 3.63) is 95.3 Å². The average molecular weight is 512 g/mol. The van der Waals surface area contributed by atoms with Crippen LogP contribution in [0.15, 0.2) is 72.9 Å². The first-order chi connectivity index (χ1) is 17.8. The molecule has 1 amide bonds. The monoisotopic (exact) mass is 511 g/mol. The molecule has 0 aliphatic carbocycles. The Balaban J connectivity index is 1.18. The van der Waals surface area contributed by atoms with Gasteiger partial charge in [-0.15, -0.1) is 0 Å². The second kappa shape index (κ2) is 12.2. The van der Waals surface area contributed by atoms with Crippen LogP contribution < -0.4 is 4.74 Å². The topological polar surface area (TPSA) is 45.7 Å². The summed E-state index contributed by atoms with van der Waals surface area (Å²) in [7, 11) is 2.14. The molecular weight excluding hydrogens is 479 g/mol. The van der Waals surface area contributed by atoms with E-state index in [0.29, 0.717) is 36.9 Å². The Morgan fingerprint density at radius 3 is 2.32 bits per heavy atom. The number of benzene rings is 2. The molecular formula is C29H32F3N3O2. The van der Waals surface area contributed by atoms with Crippen LogP contribution in [0.4, 0.5) is 18.0 Å². The van der Waals surface area contributed by atoms with E-state index >= 15 is 0 Å². The Labute approximate surface area is 215 Å². The van der Waals surface area contributed by atoms with Crippen molar-refractivity contribution in [1.82, 2.24) is 14.8 Å². The highest BCUT2D eigenvalue weighted by molar-refractivity contribution is 5.70. The number of hydrogen-bond donors (Lipinski definition) is 0. The number of rotatable bonds is 8. The predicted molar refractivity (Wildman–Crippen MR) is 136 cm³/mol. The zero-order valence-electron chi connectivity index (χ0n) is 21.0. The summed E-state index contributed by atoms with van der Waals surface area (Å²) >= 11 is 0. The minimum Gasteiger partial charge on any atom is -0.410 e. The lowest BCUT2D eigenvalue weighted by molar-refractivity contribution is -0.137. The Morgan fingerprint density at radius 1 is 1.00 bits per heavy atom. The van der Waals surface area contributed by atoms with Gasteiger partial charge in [0.15, 0.2) is 0 Å². The quantitative estimate of drug-likeness (QED) is 0.350. The minimum atomic E-state index is -4.40. The molecule has 37 heavy (non-hydrogen) atoms. The van der Waals surface area contributed by atoms with E-state index in [1.54, 1.807) is 29.2 Å². The van der Waals surface area contributed by atoms with Crippen molar-refractivity contribution in [3.8, 4) is 5.75 Å². The summed E-state index contributed by atoms with van der Waals surface area (Å²) in [4.78, 5) is 20.6. The lowest BCUT2D eigenvalue weighted by Crippen LogP contribution is -2.40. The molecule has 1 aliphatic rings. The van der Waals surface area contributed by atoms with Crippen LogP contribution in [0.3, 0.4) is 0 Å². The van der Waals surface area contributed by atoms with Crippen LogP contribution in [0.1, 0.15) is 41.6 Å². The third-order valence-corrected chi connectivity index (χ3v) is 6.75. The largest absolute Gasteiger partial charge is 0.417 e. The molecule has 0 saturated carbocycles. The summed E-state index contributed by atoms with van der Waals surface area (Å²) in [5, 5.41) is 0. The maximum absolute atomic E-state index is 12.7. The Hall–Kier alpha value is -3.39. The number of carbonyl (C=O) groups is 1. The summed E-state index contributed by atoms with van der Waals surface area (Å²) in [6, 6.07) is 19.8. The first-order valence-electron chi connectivity index (χ1n) is 12.6. The highest BCUT2D eigenvalue weighted by Crippen LogP contribution is 2.28. The van der Waals surface area contributed by atoms with Crippen LogP contribution in [-0.4, -0.2) is 47.6 Å². The number of likely N-dealkylation sites (tertiary alicyclic amines) is 1. The van der Waals surface area contributed by atoms with Crippen LogP contribution in [0, 0.1) is 5.92 Å². The first kappa shape index (κ1) is 26.7. The van der Waals surface area contributed by atoms with Gasteiger partial charge in [0.1, 0.15) is 5.75 Å². The first-order valence-corrected chi connectivity index (χ1v) is 12.6. The van der Waals surface area contributed by atoms with Gasteiger partial charge >= 0.3 is 12.3 Å². The van der Waals surface area contributed by atoms with Gasteiger partial charge in [-0.1, -0.05) is 42.5 Å². The van der Waals surface area contributed by atoms with E-state index in [9.17, 15) is 18.0 Å². The van der Waals surface area contributed by atoms with Gasteiger partial charge in [-0.25, -0.2) is 4.79 Å². The minimum absolute atomic E-state index is 0.350. The fourth-order valence-electron chi connectivity index (χ4n) is 4.53. The van der Waals surface area contributed by atoms with Crippen molar-refractivity contribution in [1.29, 1.82) is 0 Å². The molecule has 2 aromatic carbocycles. The Bertz CT molecular complexity index is 1130. The highest BCUT2D eigenvalue weighted by atomic mass is 19.4. The van der Waals surface area contributed by atoms with Crippen molar-refractivity contribution in [2.24, 2.45) is 5.92 Å². The zero-order chi connectivity index (χ0) is 26.3. The molecule has 0 radical (unpaired) electrons. The molecule has 5 nitrogen and oxygen atoms in total. The van der Waals surface area contributed by atoms with Crippen molar-refractivity contribution >= 4 is 6.09 Å². The molecule has 2 heterocycles. The van der Waals surface area contributed by atoms with Crippen LogP contribution >= 0.6 is 0 Å². The van der Waals surface area contributed by atoms with E-state index in [1.807, 2.05) is 6.07 Å². The van der Waals surface area contributed by atoms with E-state index in [-0.39, 0.29) is 6.09 Å². The maximum atomic E-state index is 12.7. The average Bonchev–Trinajstić information content (AvgIpc) is 2.89. The molecule has 1 saturated heterocycles. The number of alkyl halides is 3. The van der Waals surface area contributed by atoms with Crippen LogP contribution in [0.5, 0.6) is 5.75 Å². The molecule has 0 N–H and O–H groups in total. The number of hydrogen-bond acceptors (Lipinski definition) is 4. The van der Waals surface area contributed by atoms with Gasteiger partial charge in [-0.05, 0) is 74.2 Å². The Kier molecular flexibility index (Phi) is 8.82. The number of nitrogens with zero attached hydrogens (tertiary/aromatic N) is 3. The molecule has 0 unspecified atom stereocenters. The number of ether oxygens (including phenoxy) is 1. The number of halogens is 3. The molecule has 8 heteroatoms. The second-order valence-corrected chi connectivity index (χ2v) is 9.67. The molecule has 0 atom stereocenters. The van der Waals surface area contributed by atoms with E-state index in [4.69, 9.17) is 4.74 Å². The molecule has 0 spiro atoms. The molecule has 196 valence electrons. The number of carbonyl (C=O) groups excluding carboxylic acids is 1. The van der Waals surface area contributed by atoms with Gasteiger partial charge in [0.2, 0.25) is 0 Å². The van der Waals surface area contributed by atoms with Gasteiger partial charge < -0.3 is 14.5 Å². The van der Waals surface area contributed by atoms with Crippen molar-refractivity contribution in [3.63, 3.8) is 0 Å². The van der Waals surface area contributed by atoms with E-state index < -0.39 is 11.7 Å². The summed E-state index contributed by atoms with van der Waals surface area (Å²) in [6.45, 7) is 3.33. The lowest BCUT2D eigenvalue weighted by atomic mass is 9.93. The van der Waals surface area contributed by atoms with Crippen LogP contribution in [-0.2, 0) is 19.1 Å². The molecule has 1 aliphatic heterocycles. The number of pyridine rings is 1. The summed E-state index contributed by atoms with van der Waals surface area (Å²) in [5.41, 5.74) is 1.95. The van der Waals surface area contributed by atoms with Gasteiger partial charge in [0, 0.05) is 37.9 Å². The van der Waals surface area contributed by atoms with Gasteiger partial charge in [0.25, 0.3) is 0 Å². The summed E-state index contributed by atoms with van der Waals surface area (Å²) < 4.78 is 43.6. The lowest BCUT2D eigenvalue weighted by Gasteiger charge is -2.32. The predicted octanol–water partition coefficient (Wildman–Crippen LogP) is 6.42. The molecule has 1 aromatic heterocycles. The fourth-order valence-corrected chi connectivity index (χ4v) is 4.53. The third kappa shape index (κ3) is 8.05. The van der Waals surface area contributed by atoms with Gasteiger partial charge in [-0.2, -0.15) is 13.2 Å².